The number of hydrogen-bond donors (Lipinski definition) is 0. The lowest BCUT2D eigenvalue weighted by molar-refractivity contribution is 0.0887. The number of hydrogen-bond acceptors (Lipinski definition) is 3. The molecule has 0 radical (unpaired) electrons. The molecule has 3 aliphatic rings. The van der Waals surface area contributed by atoms with E-state index in [0.717, 1.165) is 52.3 Å². The third-order valence-electron chi connectivity index (χ3n) is 8.81. The van der Waals surface area contributed by atoms with E-state index in [1.807, 2.05) is 0 Å². The monoisotopic (exact) mass is 486 g/mol. The van der Waals surface area contributed by atoms with Crippen molar-refractivity contribution in [2.75, 3.05) is 33.0 Å². The lowest BCUT2D eigenvalue weighted by atomic mass is 9.72. The Kier molecular flexibility index (Phi) is 10.5. The first kappa shape index (κ1) is 28.5. The van der Waals surface area contributed by atoms with Crippen LogP contribution in [0.1, 0.15) is 94.4 Å². The van der Waals surface area contributed by atoms with Crippen LogP contribution in [0.3, 0.4) is 0 Å². The van der Waals surface area contributed by atoms with Crippen molar-refractivity contribution in [3.8, 4) is 0 Å². The SMILES string of the molecule is CCC1=C(C(C)C)C(CC(C)C2=C(C(C)C)C(CC(C)C3=C(C(C)C)COCC3)COC2)CCO1. The van der Waals surface area contributed by atoms with Crippen molar-refractivity contribution < 1.29 is 14.2 Å². The van der Waals surface area contributed by atoms with Crippen molar-refractivity contribution in [1.29, 1.82) is 0 Å². The zero-order chi connectivity index (χ0) is 25.7. The van der Waals surface area contributed by atoms with Crippen LogP contribution in [-0.4, -0.2) is 33.0 Å². The fourth-order valence-corrected chi connectivity index (χ4v) is 7.20. The molecular formula is C32H54O3. The molecule has 35 heavy (non-hydrogen) atoms. The van der Waals surface area contributed by atoms with Gasteiger partial charge in [0, 0.05) is 12.3 Å². The lowest BCUT2D eigenvalue weighted by Crippen LogP contribution is -2.31. The Bertz CT molecular complexity index is 798. The summed E-state index contributed by atoms with van der Waals surface area (Å²) in [5, 5.41) is 0. The van der Waals surface area contributed by atoms with Gasteiger partial charge in [0.15, 0.2) is 0 Å². The van der Waals surface area contributed by atoms with Gasteiger partial charge in [-0.1, -0.05) is 73.5 Å². The summed E-state index contributed by atoms with van der Waals surface area (Å²) in [6.07, 6.45) is 5.68. The minimum absolute atomic E-state index is 0.529. The Morgan fingerprint density at radius 3 is 1.94 bits per heavy atom. The van der Waals surface area contributed by atoms with E-state index >= 15 is 0 Å². The molecule has 3 heteroatoms. The zero-order valence-electron chi connectivity index (χ0n) is 24.3. The van der Waals surface area contributed by atoms with Crippen LogP contribution in [0.2, 0.25) is 0 Å². The van der Waals surface area contributed by atoms with E-state index in [-0.39, 0.29) is 0 Å². The fraction of sp³-hybridized carbons (Fsp3) is 0.812. The van der Waals surface area contributed by atoms with Crippen LogP contribution in [0.5, 0.6) is 0 Å². The minimum Gasteiger partial charge on any atom is -0.498 e. The maximum atomic E-state index is 6.33. The van der Waals surface area contributed by atoms with Gasteiger partial charge < -0.3 is 14.2 Å². The highest BCUT2D eigenvalue weighted by atomic mass is 16.5. The summed E-state index contributed by atoms with van der Waals surface area (Å²) in [6, 6.07) is 0. The minimum atomic E-state index is 0.529. The van der Waals surface area contributed by atoms with E-state index in [0.29, 0.717) is 41.4 Å². The molecule has 0 amide bonds. The second-order valence-electron chi connectivity index (χ2n) is 12.3. The standard InChI is InChI=1S/C32H54O3/c1-10-30-32(22(6)7)25(11-14-35-30)15-24(9)29-19-34-17-26(31(29)21(4)5)16-23(8)27-12-13-33-18-28(27)20(2)3/h20-26H,10-19H2,1-9H3. The average Bonchev–Trinajstić information content (AvgIpc) is 2.83. The second-order valence-corrected chi connectivity index (χ2v) is 12.3. The quantitative estimate of drug-likeness (QED) is 0.290. The van der Waals surface area contributed by atoms with Gasteiger partial charge in [0.1, 0.15) is 0 Å². The van der Waals surface area contributed by atoms with Crippen LogP contribution in [0.4, 0.5) is 0 Å². The van der Waals surface area contributed by atoms with Crippen molar-refractivity contribution in [2.45, 2.75) is 94.4 Å². The first-order chi connectivity index (χ1) is 16.6. The molecule has 0 spiro atoms. The van der Waals surface area contributed by atoms with Crippen molar-refractivity contribution in [3.63, 3.8) is 0 Å². The largest absolute Gasteiger partial charge is 0.498 e. The van der Waals surface area contributed by atoms with Crippen LogP contribution in [0.15, 0.2) is 33.6 Å². The van der Waals surface area contributed by atoms with Gasteiger partial charge in [0.05, 0.1) is 38.8 Å². The van der Waals surface area contributed by atoms with Crippen molar-refractivity contribution >= 4 is 0 Å². The van der Waals surface area contributed by atoms with E-state index in [2.05, 4.69) is 62.3 Å². The molecule has 200 valence electrons. The van der Waals surface area contributed by atoms with E-state index in [1.165, 1.54) is 18.6 Å². The Labute approximate surface area is 216 Å². The Balaban J connectivity index is 1.84. The second kappa shape index (κ2) is 13.0. The van der Waals surface area contributed by atoms with Crippen LogP contribution >= 0.6 is 0 Å². The number of ether oxygens (including phenoxy) is 3. The highest BCUT2D eigenvalue weighted by Crippen LogP contribution is 2.42. The van der Waals surface area contributed by atoms with Gasteiger partial charge in [-0.2, -0.15) is 0 Å². The molecule has 0 fully saturated rings. The third-order valence-corrected chi connectivity index (χ3v) is 8.81. The molecule has 0 saturated heterocycles. The number of allylic oxidation sites excluding steroid dienone is 2. The summed E-state index contributed by atoms with van der Waals surface area (Å²) in [5.41, 5.74) is 8.08. The normalized spacial score (nSPS) is 26.2. The predicted molar refractivity (Wildman–Crippen MR) is 147 cm³/mol. The maximum absolute atomic E-state index is 6.33. The molecule has 4 atom stereocenters. The smallest absolute Gasteiger partial charge is 0.0954 e. The van der Waals surface area contributed by atoms with Crippen LogP contribution in [-0.2, 0) is 14.2 Å². The maximum Gasteiger partial charge on any atom is 0.0954 e. The molecule has 0 aromatic heterocycles. The first-order valence-corrected chi connectivity index (χ1v) is 14.6. The van der Waals surface area contributed by atoms with Crippen LogP contribution < -0.4 is 0 Å². The summed E-state index contributed by atoms with van der Waals surface area (Å²) in [7, 11) is 0. The van der Waals surface area contributed by atoms with Gasteiger partial charge in [-0.15, -0.1) is 0 Å². The predicted octanol–water partition coefficient (Wildman–Crippen LogP) is 8.37. The molecule has 3 rings (SSSR count). The van der Waals surface area contributed by atoms with E-state index in [9.17, 15) is 0 Å². The van der Waals surface area contributed by atoms with Gasteiger partial charge in [-0.05, 0) is 77.9 Å². The average molecular weight is 487 g/mol. The summed E-state index contributed by atoms with van der Waals surface area (Å²) in [4.78, 5) is 0. The van der Waals surface area contributed by atoms with Gasteiger partial charge in [-0.25, -0.2) is 0 Å². The molecule has 0 N–H and O–H groups in total. The summed E-state index contributed by atoms with van der Waals surface area (Å²) in [6.45, 7) is 25.6. The lowest BCUT2D eigenvalue weighted by Gasteiger charge is -2.38. The Hall–Kier alpha value is -1.06. The molecule has 0 bridgehead atoms. The van der Waals surface area contributed by atoms with Crippen LogP contribution in [0.25, 0.3) is 0 Å². The van der Waals surface area contributed by atoms with E-state index in [4.69, 9.17) is 14.2 Å². The summed E-state index contributed by atoms with van der Waals surface area (Å²) < 4.78 is 18.3. The third kappa shape index (κ3) is 6.83. The van der Waals surface area contributed by atoms with Gasteiger partial charge in [0.25, 0.3) is 0 Å². The topological polar surface area (TPSA) is 27.7 Å². The fourth-order valence-electron chi connectivity index (χ4n) is 7.20. The Morgan fingerprint density at radius 1 is 0.686 bits per heavy atom. The van der Waals surface area contributed by atoms with Gasteiger partial charge >= 0.3 is 0 Å². The van der Waals surface area contributed by atoms with Gasteiger partial charge in [-0.3, -0.25) is 0 Å². The van der Waals surface area contributed by atoms with Crippen LogP contribution in [0, 0.1) is 41.4 Å². The molecule has 0 saturated carbocycles. The van der Waals surface area contributed by atoms with Crippen molar-refractivity contribution in [3.05, 3.63) is 33.6 Å². The highest BCUT2D eigenvalue weighted by Gasteiger charge is 2.33. The van der Waals surface area contributed by atoms with Crippen molar-refractivity contribution in [1.82, 2.24) is 0 Å². The first-order valence-electron chi connectivity index (χ1n) is 14.6. The zero-order valence-corrected chi connectivity index (χ0v) is 24.3. The molecule has 0 aliphatic carbocycles. The number of rotatable bonds is 10. The molecular weight excluding hydrogens is 432 g/mol. The Morgan fingerprint density at radius 2 is 1.31 bits per heavy atom. The molecule has 3 nitrogen and oxygen atoms in total. The van der Waals surface area contributed by atoms with Gasteiger partial charge in [0.2, 0.25) is 0 Å². The molecule has 0 aromatic carbocycles. The summed E-state index contributed by atoms with van der Waals surface area (Å²) in [5.74, 6) is 5.26. The molecule has 0 aromatic rings. The highest BCUT2D eigenvalue weighted by molar-refractivity contribution is 5.27. The molecule has 3 aliphatic heterocycles. The molecule has 3 heterocycles. The van der Waals surface area contributed by atoms with E-state index in [1.54, 1.807) is 27.9 Å². The summed E-state index contributed by atoms with van der Waals surface area (Å²) >= 11 is 0. The van der Waals surface area contributed by atoms with E-state index < -0.39 is 0 Å². The van der Waals surface area contributed by atoms with Crippen molar-refractivity contribution in [2.24, 2.45) is 41.4 Å². The molecule has 4 unspecified atom stereocenters.